The Kier molecular flexibility index (Phi) is 6.28. The summed E-state index contributed by atoms with van der Waals surface area (Å²) in [5, 5.41) is 0. The van der Waals surface area contributed by atoms with Crippen LogP contribution in [0.4, 0.5) is 0 Å². The van der Waals surface area contributed by atoms with Crippen LogP contribution in [0.3, 0.4) is 0 Å². The molecular formula is C16H27N. The van der Waals surface area contributed by atoms with Gasteiger partial charge in [-0.15, -0.1) is 0 Å². The second-order valence-electron chi connectivity index (χ2n) is 5.30. The third kappa shape index (κ3) is 4.91. The highest BCUT2D eigenvalue weighted by Gasteiger charge is 2.21. The van der Waals surface area contributed by atoms with E-state index in [1.54, 1.807) is 0 Å². The Morgan fingerprint density at radius 3 is 2.47 bits per heavy atom. The van der Waals surface area contributed by atoms with Gasteiger partial charge in [-0.2, -0.15) is 0 Å². The van der Waals surface area contributed by atoms with Crippen molar-refractivity contribution in [3.05, 3.63) is 36.5 Å². The van der Waals surface area contributed by atoms with E-state index in [-0.39, 0.29) is 0 Å². The molecule has 1 saturated carbocycles. The molecule has 1 rings (SSSR count). The summed E-state index contributed by atoms with van der Waals surface area (Å²) in [6.45, 7) is 9.33. The number of likely N-dealkylation sites (N-methyl/N-ethyl adjacent to an activating group) is 1. The first-order valence-corrected chi connectivity index (χ1v) is 6.82. The molecule has 1 aliphatic rings. The maximum Gasteiger partial charge on any atom is 0.0233 e. The van der Waals surface area contributed by atoms with Crippen molar-refractivity contribution >= 4 is 0 Å². The molecule has 0 radical (unpaired) electrons. The smallest absolute Gasteiger partial charge is 0.0233 e. The van der Waals surface area contributed by atoms with Crippen molar-refractivity contribution in [3.63, 3.8) is 0 Å². The normalized spacial score (nSPS) is 26.7. The molecule has 0 aliphatic heterocycles. The van der Waals surface area contributed by atoms with Gasteiger partial charge in [0.15, 0.2) is 0 Å². The maximum absolute atomic E-state index is 3.90. The van der Waals surface area contributed by atoms with Gasteiger partial charge in [0, 0.05) is 12.6 Å². The van der Waals surface area contributed by atoms with Crippen LogP contribution in [0.2, 0.25) is 0 Å². The third-order valence-corrected chi connectivity index (χ3v) is 3.81. The monoisotopic (exact) mass is 233 g/mol. The van der Waals surface area contributed by atoms with E-state index in [1.165, 1.54) is 31.3 Å². The van der Waals surface area contributed by atoms with Gasteiger partial charge < -0.3 is 0 Å². The molecule has 0 aromatic heterocycles. The average molecular weight is 233 g/mol. The Hall–Kier alpha value is -0.820. The van der Waals surface area contributed by atoms with Crippen molar-refractivity contribution in [1.82, 2.24) is 4.90 Å². The predicted octanol–water partition coefficient (Wildman–Crippen LogP) is 4.19. The Balaban J connectivity index is 2.47. The maximum atomic E-state index is 3.90. The molecule has 0 aromatic carbocycles. The van der Waals surface area contributed by atoms with Crippen LogP contribution < -0.4 is 0 Å². The fourth-order valence-electron chi connectivity index (χ4n) is 2.51. The lowest BCUT2D eigenvalue weighted by atomic mass is 9.86. The van der Waals surface area contributed by atoms with E-state index in [0.29, 0.717) is 0 Å². The van der Waals surface area contributed by atoms with Crippen molar-refractivity contribution in [3.8, 4) is 0 Å². The fraction of sp³-hybridized carbons (Fsp3) is 0.625. The molecule has 1 heteroatoms. The van der Waals surface area contributed by atoms with Crippen LogP contribution in [0, 0.1) is 5.92 Å². The van der Waals surface area contributed by atoms with Crippen molar-refractivity contribution in [2.24, 2.45) is 5.92 Å². The quantitative estimate of drug-likeness (QED) is 0.644. The zero-order valence-electron chi connectivity index (χ0n) is 11.7. The molecule has 0 amide bonds. The molecular weight excluding hydrogens is 206 g/mol. The van der Waals surface area contributed by atoms with E-state index in [4.69, 9.17) is 0 Å². The summed E-state index contributed by atoms with van der Waals surface area (Å²) in [7, 11) is 2.24. The van der Waals surface area contributed by atoms with Gasteiger partial charge in [-0.25, -0.2) is 0 Å². The Bertz CT molecular complexity index is 280. The van der Waals surface area contributed by atoms with Crippen molar-refractivity contribution in [1.29, 1.82) is 0 Å². The highest BCUT2D eigenvalue weighted by molar-refractivity contribution is 5.23. The van der Waals surface area contributed by atoms with E-state index >= 15 is 0 Å². The zero-order chi connectivity index (χ0) is 12.7. The molecule has 0 spiro atoms. The van der Waals surface area contributed by atoms with Gasteiger partial charge in [0.1, 0.15) is 0 Å². The highest BCUT2D eigenvalue weighted by atomic mass is 15.1. The van der Waals surface area contributed by atoms with Crippen molar-refractivity contribution in [2.45, 2.75) is 45.6 Å². The number of nitrogens with zero attached hydrogens (tertiary/aromatic N) is 1. The Morgan fingerprint density at radius 2 is 1.94 bits per heavy atom. The van der Waals surface area contributed by atoms with Crippen LogP contribution in [-0.4, -0.2) is 24.5 Å². The zero-order valence-corrected chi connectivity index (χ0v) is 11.7. The average Bonchev–Trinajstić information content (AvgIpc) is 2.35. The van der Waals surface area contributed by atoms with Gasteiger partial charge in [-0.05, 0) is 51.1 Å². The lowest BCUT2D eigenvalue weighted by Gasteiger charge is -2.33. The first kappa shape index (κ1) is 14.2. The number of hydrogen-bond acceptors (Lipinski definition) is 1. The topological polar surface area (TPSA) is 3.24 Å². The summed E-state index contributed by atoms with van der Waals surface area (Å²) in [5.41, 5.74) is 1.31. The first-order valence-electron chi connectivity index (χ1n) is 6.82. The summed E-state index contributed by atoms with van der Waals surface area (Å²) in [4.78, 5) is 2.49. The molecule has 1 aliphatic carbocycles. The lowest BCUT2D eigenvalue weighted by Crippen LogP contribution is -2.35. The summed E-state index contributed by atoms with van der Waals surface area (Å²) < 4.78 is 0. The summed E-state index contributed by atoms with van der Waals surface area (Å²) in [6, 6.07) is 0.764. The van der Waals surface area contributed by atoms with Crippen molar-refractivity contribution < 1.29 is 0 Å². The number of rotatable bonds is 5. The van der Waals surface area contributed by atoms with Gasteiger partial charge >= 0.3 is 0 Å². The molecule has 17 heavy (non-hydrogen) atoms. The van der Waals surface area contributed by atoms with Gasteiger partial charge in [0.05, 0.1) is 0 Å². The van der Waals surface area contributed by atoms with E-state index < -0.39 is 0 Å². The van der Waals surface area contributed by atoms with Gasteiger partial charge in [-0.1, -0.05) is 37.8 Å². The molecule has 1 fully saturated rings. The molecule has 0 heterocycles. The molecule has 0 unspecified atom stereocenters. The SMILES string of the molecule is C=C/C(=C\C=CC)CN(C)[C@H]1CC[C@H](C)CC1. The molecule has 96 valence electrons. The number of hydrogen-bond donors (Lipinski definition) is 0. The van der Waals surface area contributed by atoms with Gasteiger partial charge in [-0.3, -0.25) is 4.90 Å². The lowest BCUT2D eigenvalue weighted by molar-refractivity contribution is 0.182. The van der Waals surface area contributed by atoms with Crippen molar-refractivity contribution in [2.75, 3.05) is 13.6 Å². The standard InChI is InChI=1S/C16H27N/c1-5-7-8-15(6-2)13-17(4)16-11-9-14(3)10-12-16/h5-8,14,16H,2,9-13H2,1,3-4H3/b7-5?,15-8+/t14-,16-. The van der Waals surface area contributed by atoms with Crippen LogP contribution in [0.15, 0.2) is 36.5 Å². The van der Waals surface area contributed by atoms with Crippen LogP contribution in [0.5, 0.6) is 0 Å². The molecule has 0 aromatic rings. The van der Waals surface area contributed by atoms with Crippen LogP contribution in [0.25, 0.3) is 0 Å². The largest absolute Gasteiger partial charge is 0.299 e. The minimum absolute atomic E-state index is 0.764. The van der Waals surface area contributed by atoms with E-state index in [9.17, 15) is 0 Å². The van der Waals surface area contributed by atoms with E-state index in [2.05, 4.69) is 43.7 Å². The molecule has 0 atom stereocenters. The molecule has 0 N–H and O–H groups in total. The fourth-order valence-corrected chi connectivity index (χ4v) is 2.51. The predicted molar refractivity (Wildman–Crippen MR) is 77.1 cm³/mol. The Morgan fingerprint density at radius 1 is 1.29 bits per heavy atom. The van der Waals surface area contributed by atoms with Crippen LogP contribution >= 0.6 is 0 Å². The minimum atomic E-state index is 0.764. The summed E-state index contributed by atoms with van der Waals surface area (Å²) >= 11 is 0. The highest BCUT2D eigenvalue weighted by Crippen LogP contribution is 2.26. The summed E-state index contributed by atoms with van der Waals surface area (Å²) in [6.07, 6.45) is 13.8. The van der Waals surface area contributed by atoms with Gasteiger partial charge in [0.2, 0.25) is 0 Å². The molecule has 0 bridgehead atoms. The van der Waals surface area contributed by atoms with E-state index in [0.717, 1.165) is 18.5 Å². The molecule has 1 nitrogen and oxygen atoms in total. The second kappa shape index (κ2) is 7.50. The van der Waals surface area contributed by atoms with Crippen LogP contribution in [-0.2, 0) is 0 Å². The minimum Gasteiger partial charge on any atom is -0.299 e. The van der Waals surface area contributed by atoms with E-state index in [1.807, 2.05) is 13.0 Å². The summed E-state index contributed by atoms with van der Waals surface area (Å²) in [5.74, 6) is 0.928. The van der Waals surface area contributed by atoms with Gasteiger partial charge in [0.25, 0.3) is 0 Å². The second-order valence-corrected chi connectivity index (χ2v) is 5.30. The molecule has 0 saturated heterocycles. The third-order valence-electron chi connectivity index (χ3n) is 3.81. The number of allylic oxidation sites excluding steroid dienone is 3. The van der Waals surface area contributed by atoms with Crippen LogP contribution in [0.1, 0.15) is 39.5 Å². The Labute approximate surface area is 107 Å². The first-order chi connectivity index (χ1) is 8.17.